The van der Waals surface area contributed by atoms with Crippen LogP contribution in [-0.2, 0) is 4.79 Å². The van der Waals surface area contributed by atoms with Crippen molar-refractivity contribution in [1.29, 1.82) is 0 Å². The van der Waals surface area contributed by atoms with E-state index >= 15 is 0 Å². The lowest BCUT2D eigenvalue weighted by Gasteiger charge is -2.33. The Morgan fingerprint density at radius 2 is 2.00 bits per heavy atom. The Hall–Kier alpha value is -1.84. The molecule has 3 rings (SSSR count). The number of carbonyl (C=O) groups is 2. The fraction of sp³-hybridized carbons (Fsp3) is 0.500. The van der Waals surface area contributed by atoms with Crippen LogP contribution in [0.5, 0.6) is 0 Å². The molecule has 1 N–H and O–H groups in total. The molecular weight excluding hydrogens is 252 g/mol. The summed E-state index contributed by atoms with van der Waals surface area (Å²) in [6, 6.07) is 7.00. The van der Waals surface area contributed by atoms with Crippen molar-refractivity contribution in [2.75, 3.05) is 11.4 Å². The molecule has 106 valence electrons. The lowest BCUT2D eigenvalue weighted by atomic mass is 9.85. The zero-order valence-electron chi connectivity index (χ0n) is 11.8. The highest BCUT2D eigenvalue weighted by Gasteiger charge is 2.34. The van der Waals surface area contributed by atoms with Gasteiger partial charge in [-0.2, -0.15) is 0 Å². The number of benzene rings is 1. The summed E-state index contributed by atoms with van der Waals surface area (Å²) in [4.78, 5) is 26.7. The van der Waals surface area contributed by atoms with E-state index in [9.17, 15) is 9.59 Å². The molecule has 1 aliphatic carbocycles. The third kappa shape index (κ3) is 2.19. The molecule has 2 aliphatic rings. The highest BCUT2D eigenvalue weighted by atomic mass is 16.2. The van der Waals surface area contributed by atoms with E-state index in [-0.39, 0.29) is 11.8 Å². The molecule has 1 saturated carbocycles. The molecular formula is C16H20N2O2. The van der Waals surface area contributed by atoms with Crippen LogP contribution in [-0.4, -0.2) is 24.4 Å². The molecule has 1 heterocycles. The van der Waals surface area contributed by atoms with Crippen molar-refractivity contribution >= 4 is 17.5 Å². The number of nitrogens with one attached hydrogen (secondary N) is 1. The van der Waals surface area contributed by atoms with Crippen LogP contribution < -0.4 is 10.2 Å². The first-order valence-corrected chi connectivity index (χ1v) is 7.42. The predicted octanol–water partition coefficient (Wildman–Crippen LogP) is 2.34. The van der Waals surface area contributed by atoms with Crippen molar-refractivity contribution < 1.29 is 9.59 Å². The van der Waals surface area contributed by atoms with Gasteiger partial charge in [-0.1, -0.05) is 25.5 Å². The molecule has 1 aromatic carbocycles. The van der Waals surface area contributed by atoms with Crippen LogP contribution in [0.1, 0.15) is 43.0 Å². The minimum atomic E-state index is -0.407. The number of fused-ring (bicyclic) bond motifs is 1. The lowest BCUT2D eigenvalue weighted by Crippen LogP contribution is -2.47. The molecule has 20 heavy (non-hydrogen) atoms. The molecule has 0 radical (unpaired) electrons. The number of anilines is 1. The number of amides is 2. The van der Waals surface area contributed by atoms with Crippen LogP contribution >= 0.6 is 0 Å². The molecule has 1 unspecified atom stereocenters. The van der Waals surface area contributed by atoms with E-state index < -0.39 is 6.04 Å². The molecule has 0 spiro atoms. The topological polar surface area (TPSA) is 49.4 Å². The normalized spacial score (nSPS) is 22.9. The minimum absolute atomic E-state index is 0.0256. The number of nitrogens with zero attached hydrogens (tertiary/aromatic N) is 1. The smallest absolute Gasteiger partial charge is 0.254 e. The average molecular weight is 272 g/mol. The van der Waals surface area contributed by atoms with E-state index in [1.807, 2.05) is 30.0 Å². The molecule has 0 bridgehead atoms. The Bertz CT molecular complexity index is 537. The van der Waals surface area contributed by atoms with Crippen molar-refractivity contribution in [2.24, 2.45) is 5.92 Å². The van der Waals surface area contributed by atoms with E-state index in [0.29, 0.717) is 17.9 Å². The standard InChI is InChI=1S/C16H20N2O2/c1-2-13-16(20)18(10-11-6-5-7-11)14-9-4-3-8-12(14)15(19)17-13/h3-4,8-9,11,13H,2,5-7,10H2,1H3,(H,17,19). The summed E-state index contributed by atoms with van der Waals surface area (Å²) in [5.41, 5.74) is 1.37. The van der Waals surface area contributed by atoms with Gasteiger partial charge >= 0.3 is 0 Å². The first-order chi connectivity index (χ1) is 9.70. The number of para-hydroxylation sites is 1. The monoisotopic (exact) mass is 272 g/mol. The predicted molar refractivity (Wildman–Crippen MR) is 77.7 cm³/mol. The number of hydrogen-bond donors (Lipinski definition) is 1. The van der Waals surface area contributed by atoms with Crippen molar-refractivity contribution in [3.8, 4) is 0 Å². The Balaban J connectivity index is 1.99. The lowest BCUT2D eigenvalue weighted by molar-refractivity contribution is -0.120. The molecule has 1 fully saturated rings. The van der Waals surface area contributed by atoms with Crippen LogP contribution in [0.25, 0.3) is 0 Å². The second kappa shape index (κ2) is 5.27. The summed E-state index contributed by atoms with van der Waals surface area (Å²) >= 11 is 0. The van der Waals surface area contributed by atoms with Crippen LogP contribution in [0.2, 0.25) is 0 Å². The SMILES string of the molecule is CCC1NC(=O)c2ccccc2N(CC2CCC2)C1=O. The van der Waals surface area contributed by atoms with Crippen LogP contribution in [0.4, 0.5) is 5.69 Å². The van der Waals surface area contributed by atoms with E-state index in [4.69, 9.17) is 0 Å². The Morgan fingerprint density at radius 3 is 2.65 bits per heavy atom. The molecule has 0 saturated heterocycles. The van der Waals surface area contributed by atoms with Crippen molar-refractivity contribution in [1.82, 2.24) is 5.32 Å². The summed E-state index contributed by atoms with van der Waals surface area (Å²) < 4.78 is 0. The number of rotatable bonds is 3. The van der Waals surface area contributed by atoms with Gasteiger partial charge in [-0.3, -0.25) is 9.59 Å². The highest BCUT2D eigenvalue weighted by molar-refractivity contribution is 6.10. The van der Waals surface area contributed by atoms with Gasteiger partial charge in [0.05, 0.1) is 11.3 Å². The summed E-state index contributed by atoms with van der Waals surface area (Å²) in [5.74, 6) is 0.465. The molecule has 4 heteroatoms. The first kappa shape index (κ1) is 13.2. The molecule has 4 nitrogen and oxygen atoms in total. The summed E-state index contributed by atoms with van der Waals surface area (Å²) in [6.07, 6.45) is 4.25. The van der Waals surface area contributed by atoms with Crippen molar-refractivity contribution in [2.45, 2.75) is 38.6 Å². The van der Waals surface area contributed by atoms with Gasteiger partial charge in [0.25, 0.3) is 5.91 Å². The van der Waals surface area contributed by atoms with Crippen molar-refractivity contribution in [3.63, 3.8) is 0 Å². The summed E-state index contributed by atoms with van der Waals surface area (Å²) in [5, 5.41) is 2.84. The fourth-order valence-electron chi connectivity index (χ4n) is 2.90. The third-order valence-corrected chi connectivity index (χ3v) is 4.38. The van der Waals surface area contributed by atoms with Gasteiger partial charge in [-0.15, -0.1) is 0 Å². The number of hydrogen-bond acceptors (Lipinski definition) is 2. The van der Waals surface area contributed by atoms with Crippen LogP contribution in [0.3, 0.4) is 0 Å². The van der Waals surface area contributed by atoms with Gasteiger partial charge < -0.3 is 10.2 Å². The highest BCUT2D eigenvalue weighted by Crippen LogP contribution is 2.31. The Labute approximate surface area is 119 Å². The van der Waals surface area contributed by atoms with Gasteiger partial charge in [-0.05, 0) is 37.3 Å². The van der Waals surface area contributed by atoms with E-state index in [1.54, 1.807) is 6.07 Å². The van der Waals surface area contributed by atoms with Gasteiger partial charge in [0.15, 0.2) is 0 Å². The quantitative estimate of drug-likeness (QED) is 0.918. The third-order valence-electron chi connectivity index (χ3n) is 4.38. The zero-order chi connectivity index (χ0) is 14.1. The van der Waals surface area contributed by atoms with Crippen molar-refractivity contribution in [3.05, 3.63) is 29.8 Å². The van der Waals surface area contributed by atoms with Gasteiger partial charge in [0.2, 0.25) is 5.91 Å². The molecule has 0 aromatic heterocycles. The van der Waals surface area contributed by atoms with Gasteiger partial charge in [0.1, 0.15) is 6.04 Å². The second-order valence-electron chi connectivity index (χ2n) is 5.70. The van der Waals surface area contributed by atoms with Gasteiger partial charge in [-0.25, -0.2) is 0 Å². The maximum Gasteiger partial charge on any atom is 0.254 e. The first-order valence-electron chi connectivity index (χ1n) is 7.42. The summed E-state index contributed by atoms with van der Waals surface area (Å²) in [6.45, 7) is 2.67. The number of carbonyl (C=O) groups excluding carboxylic acids is 2. The second-order valence-corrected chi connectivity index (χ2v) is 5.70. The Kier molecular flexibility index (Phi) is 3.47. The minimum Gasteiger partial charge on any atom is -0.340 e. The molecule has 1 atom stereocenters. The maximum absolute atomic E-state index is 12.7. The van der Waals surface area contributed by atoms with Crippen LogP contribution in [0, 0.1) is 5.92 Å². The van der Waals surface area contributed by atoms with E-state index in [2.05, 4.69) is 5.32 Å². The average Bonchev–Trinajstić information content (AvgIpc) is 2.52. The molecule has 1 aromatic rings. The molecule has 2 amide bonds. The van der Waals surface area contributed by atoms with E-state index in [0.717, 1.165) is 12.2 Å². The van der Waals surface area contributed by atoms with Gasteiger partial charge in [0, 0.05) is 6.54 Å². The fourth-order valence-corrected chi connectivity index (χ4v) is 2.90. The maximum atomic E-state index is 12.7. The van der Waals surface area contributed by atoms with E-state index in [1.165, 1.54) is 19.3 Å². The van der Waals surface area contributed by atoms with Crippen LogP contribution in [0.15, 0.2) is 24.3 Å². The summed E-state index contributed by atoms with van der Waals surface area (Å²) in [7, 11) is 0. The molecule has 1 aliphatic heterocycles. The zero-order valence-corrected chi connectivity index (χ0v) is 11.8. The largest absolute Gasteiger partial charge is 0.340 e. The Morgan fingerprint density at radius 1 is 1.25 bits per heavy atom.